The van der Waals surface area contributed by atoms with Crippen molar-refractivity contribution in [2.24, 2.45) is 0 Å². The predicted octanol–water partition coefficient (Wildman–Crippen LogP) is 4.72. The maximum Gasteiger partial charge on any atom is 0.270 e. The highest BCUT2D eigenvalue weighted by Crippen LogP contribution is 2.42. The Morgan fingerprint density at radius 1 is 1.22 bits per heavy atom. The molecule has 2 atom stereocenters. The lowest BCUT2D eigenvalue weighted by atomic mass is 9.73. The van der Waals surface area contributed by atoms with Crippen molar-refractivity contribution in [1.29, 1.82) is 0 Å². The molecule has 0 spiro atoms. The van der Waals surface area contributed by atoms with Gasteiger partial charge in [0.1, 0.15) is 5.82 Å². The van der Waals surface area contributed by atoms with Crippen LogP contribution in [0.2, 0.25) is 0 Å². The number of alkyl halides is 2. The van der Waals surface area contributed by atoms with Crippen molar-refractivity contribution >= 4 is 21.8 Å². The molecule has 0 radical (unpaired) electrons. The molecule has 1 fully saturated rings. The second-order valence-electron chi connectivity index (χ2n) is 7.12. The highest BCUT2D eigenvalue weighted by Gasteiger charge is 2.47. The van der Waals surface area contributed by atoms with Gasteiger partial charge in [-0.05, 0) is 34.5 Å². The van der Waals surface area contributed by atoms with Crippen LogP contribution < -0.4 is 5.32 Å². The van der Waals surface area contributed by atoms with Gasteiger partial charge in [-0.3, -0.25) is 10.1 Å². The van der Waals surface area contributed by atoms with Crippen molar-refractivity contribution in [3.63, 3.8) is 0 Å². The molecule has 2 aromatic carbocycles. The van der Waals surface area contributed by atoms with E-state index in [4.69, 9.17) is 0 Å². The average molecular weight is 441 g/mol. The Morgan fingerprint density at radius 2 is 1.85 bits per heavy atom. The van der Waals surface area contributed by atoms with Crippen LogP contribution in [-0.2, 0) is 16.3 Å². The molecule has 1 N–H and O–H groups in total. The highest BCUT2D eigenvalue weighted by atomic mass is 79.9. The van der Waals surface area contributed by atoms with Gasteiger partial charge in [-0.25, -0.2) is 13.2 Å². The summed E-state index contributed by atoms with van der Waals surface area (Å²) in [6, 6.07) is 10.6. The van der Waals surface area contributed by atoms with Crippen LogP contribution in [0.3, 0.4) is 0 Å². The molecule has 27 heavy (non-hydrogen) atoms. The summed E-state index contributed by atoms with van der Waals surface area (Å²) in [7, 11) is 1.65. The Bertz CT molecular complexity index is 867. The number of benzene rings is 2. The first-order valence-electron chi connectivity index (χ1n) is 8.48. The maximum absolute atomic E-state index is 14.9. The average Bonchev–Trinajstić information content (AvgIpc) is 2.61. The fourth-order valence-electron chi connectivity index (χ4n) is 3.53. The number of nitrogens with zero attached hydrogens (tertiary/aromatic N) is 1. The third-order valence-corrected chi connectivity index (χ3v) is 5.76. The molecule has 0 aliphatic carbocycles. The molecule has 3 nitrogen and oxygen atoms in total. The number of halogens is 4. The van der Waals surface area contributed by atoms with E-state index in [1.807, 2.05) is 0 Å². The topological polar surface area (TPSA) is 32.3 Å². The van der Waals surface area contributed by atoms with Gasteiger partial charge in [0.15, 0.2) is 0 Å². The molecule has 1 aliphatic heterocycles. The van der Waals surface area contributed by atoms with Gasteiger partial charge in [0.2, 0.25) is 5.91 Å². The third kappa shape index (κ3) is 3.50. The number of amides is 1. The smallest absolute Gasteiger partial charge is 0.270 e. The minimum atomic E-state index is -2.97. The number of carbonyl (C=O) groups excluding carboxylic acids is 1. The Hall–Kier alpha value is -1.86. The summed E-state index contributed by atoms with van der Waals surface area (Å²) in [4.78, 5) is 14.5. The van der Waals surface area contributed by atoms with E-state index in [0.29, 0.717) is 15.6 Å². The van der Waals surface area contributed by atoms with Crippen LogP contribution in [0.1, 0.15) is 36.5 Å². The molecule has 2 aromatic rings. The second-order valence-corrected chi connectivity index (χ2v) is 7.97. The van der Waals surface area contributed by atoms with Gasteiger partial charge in [-0.2, -0.15) is 0 Å². The molecule has 0 aromatic heterocycles. The summed E-state index contributed by atoms with van der Waals surface area (Å²) in [5.41, 5.74) is -0.276. The van der Waals surface area contributed by atoms with E-state index < -0.39 is 23.2 Å². The highest BCUT2D eigenvalue weighted by molar-refractivity contribution is 9.10. The number of likely N-dealkylation sites (N-methyl/N-ethyl adjacent to an activating group) is 1. The zero-order chi connectivity index (χ0) is 20.0. The first-order chi connectivity index (χ1) is 12.6. The zero-order valence-electron chi connectivity index (χ0n) is 15.2. The Kier molecular flexibility index (Phi) is 5.12. The van der Waals surface area contributed by atoms with E-state index in [1.54, 1.807) is 32.2 Å². The fourth-order valence-corrected chi connectivity index (χ4v) is 3.90. The number of hydrogen-bond acceptors (Lipinski definition) is 2. The van der Waals surface area contributed by atoms with Gasteiger partial charge >= 0.3 is 0 Å². The van der Waals surface area contributed by atoms with Crippen molar-refractivity contribution in [1.82, 2.24) is 10.2 Å². The van der Waals surface area contributed by atoms with Gasteiger partial charge in [0, 0.05) is 25.1 Å². The molecule has 1 heterocycles. The number of carbonyl (C=O) groups is 1. The van der Waals surface area contributed by atoms with Crippen LogP contribution in [0.25, 0.3) is 0 Å². The van der Waals surface area contributed by atoms with Crippen molar-refractivity contribution in [2.75, 3.05) is 13.7 Å². The van der Waals surface area contributed by atoms with Gasteiger partial charge in [0.05, 0.1) is 22.6 Å². The van der Waals surface area contributed by atoms with Crippen molar-refractivity contribution in [3.8, 4) is 0 Å². The summed E-state index contributed by atoms with van der Waals surface area (Å²) >= 11 is 3.19. The van der Waals surface area contributed by atoms with Gasteiger partial charge in [-0.15, -0.1) is 0 Å². The van der Waals surface area contributed by atoms with Crippen molar-refractivity contribution in [2.45, 2.75) is 31.2 Å². The standard InChI is InChI=1S/C20H20BrF3N2O/c1-19(14-5-4-6-15(21)17(14)22)16(18(27)26(3)11-25-19)12-7-9-13(10-8-12)20(2,23)24/h4-10,16,25H,11H2,1-3H3/t16-,19-/m1/s1. The predicted molar refractivity (Wildman–Crippen MR) is 101 cm³/mol. The van der Waals surface area contributed by atoms with E-state index in [-0.39, 0.29) is 18.1 Å². The summed E-state index contributed by atoms with van der Waals surface area (Å²) in [5.74, 6) is -4.39. The lowest BCUT2D eigenvalue weighted by Crippen LogP contribution is -2.59. The first kappa shape index (κ1) is 19.9. The molecule has 0 saturated carbocycles. The van der Waals surface area contributed by atoms with E-state index >= 15 is 0 Å². The van der Waals surface area contributed by atoms with Gasteiger partial charge in [0.25, 0.3) is 5.92 Å². The zero-order valence-corrected chi connectivity index (χ0v) is 16.8. The molecule has 1 saturated heterocycles. The van der Waals surface area contributed by atoms with Crippen LogP contribution in [-0.4, -0.2) is 24.5 Å². The molecule has 0 bridgehead atoms. The fraction of sp³-hybridized carbons (Fsp3) is 0.350. The summed E-state index contributed by atoms with van der Waals surface area (Å²) in [5, 5.41) is 3.25. The molecule has 1 aliphatic rings. The Labute approximate surface area is 164 Å². The van der Waals surface area contributed by atoms with E-state index in [0.717, 1.165) is 6.92 Å². The second kappa shape index (κ2) is 6.95. The normalized spacial score (nSPS) is 23.6. The number of hydrogen-bond donors (Lipinski definition) is 1. The molecular formula is C20H20BrF3N2O. The van der Waals surface area contributed by atoms with Crippen LogP contribution >= 0.6 is 15.9 Å². The third-order valence-electron chi connectivity index (χ3n) is 5.15. The number of nitrogens with one attached hydrogen (secondary N) is 1. The Morgan fingerprint density at radius 3 is 2.44 bits per heavy atom. The molecule has 3 rings (SSSR count). The summed E-state index contributed by atoms with van der Waals surface area (Å²) in [6.07, 6.45) is 0. The molecule has 1 amide bonds. The lowest BCUT2D eigenvalue weighted by molar-refractivity contribution is -0.138. The molecule has 144 valence electrons. The van der Waals surface area contributed by atoms with Gasteiger partial charge < -0.3 is 4.90 Å². The summed E-state index contributed by atoms with van der Waals surface area (Å²) in [6.45, 7) is 2.84. The number of rotatable bonds is 3. The molecular weight excluding hydrogens is 421 g/mol. The minimum absolute atomic E-state index is 0.133. The maximum atomic E-state index is 14.9. The monoisotopic (exact) mass is 440 g/mol. The quantitative estimate of drug-likeness (QED) is 0.748. The van der Waals surface area contributed by atoms with Crippen LogP contribution in [0, 0.1) is 5.82 Å². The van der Waals surface area contributed by atoms with Crippen LogP contribution in [0.5, 0.6) is 0 Å². The SMILES string of the molecule is CN1CN[C@](C)(c2cccc(Br)c2F)[C@H](c2ccc(C(C)(F)F)cc2)C1=O. The van der Waals surface area contributed by atoms with E-state index in [9.17, 15) is 18.0 Å². The Balaban J connectivity index is 2.13. The lowest BCUT2D eigenvalue weighted by Gasteiger charge is -2.45. The van der Waals surface area contributed by atoms with Crippen molar-refractivity contribution < 1.29 is 18.0 Å². The van der Waals surface area contributed by atoms with Crippen LogP contribution in [0.15, 0.2) is 46.9 Å². The molecule has 0 unspecified atom stereocenters. The summed E-state index contributed by atoms with van der Waals surface area (Å²) < 4.78 is 42.2. The van der Waals surface area contributed by atoms with Crippen molar-refractivity contribution in [3.05, 3.63) is 69.4 Å². The minimum Gasteiger partial charge on any atom is -0.332 e. The van der Waals surface area contributed by atoms with E-state index in [1.165, 1.54) is 29.2 Å². The largest absolute Gasteiger partial charge is 0.332 e. The van der Waals surface area contributed by atoms with E-state index in [2.05, 4.69) is 21.2 Å². The van der Waals surface area contributed by atoms with Gasteiger partial charge in [-0.1, -0.05) is 36.4 Å². The molecule has 7 heteroatoms. The first-order valence-corrected chi connectivity index (χ1v) is 9.28. The van der Waals surface area contributed by atoms with Crippen LogP contribution in [0.4, 0.5) is 13.2 Å².